The third kappa shape index (κ3) is 5.67. The highest BCUT2D eigenvalue weighted by Crippen LogP contribution is 2.43. The minimum Gasteiger partial charge on any atom is -0.366 e. The molecule has 0 aromatic heterocycles. The summed E-state index contributed by atoms with van der Waals surface area (Å²) >= 11 is 0. The van der Waals surface area contributed by atoms with Crippen LogP contribution in [-0.2, 0) is 14.8 Å². The van der Waals surface area contributed by atoms with E-state index in [9.17, 15) is 12.8 Å². The number of anilines is 2. The van der Waals surface area contributed by atoms with Crippen LogP contribution in [0.25, 0.3) is 11.1 Å². The molecule has 210 valence electrons. The first kappa shape index (κ1) is 28.4. The first-order chi connectivity index (χ1) is 19.1. The number of hydrogen-bond acceptors (Lipinski definition) is 4. The van der Waals surface area contributed by atoms with Gasteiger partial charge in [0.2, 0.25) is 10.0 Å². The van der Waals surface area contributed by atoms with Gasteiger partial charge in [0, 0.05) is 38.0 Å². The molecular formula is C33H37FN2O3S. The molecule has 1 aliphatic carbocycles. The number of halogens is 1. The molecule has 40 heavy (non-hydrogen) atoms. The standard InChI is InChI=1S/C33H37FN2O3S/c1-33(2,39-4)20-19-26-21-30-32(22-29(26)24-15-17-27(34)18-16-24)40(37,38)35(3)31(25-11-7-5-8-12-25)23-36(30)28-13-9-6-10-14-28/h6,9-10,13-18,21-22,25,31H,5,7-8,11-12,23H2,1-4H3/t31-/m0/s1. The van der Waals surface area contributed by atoms with Crippen molar-refractivity contribution < 1.29 is 17.5 Å². The lowest BCUT2D eigenvalue weighted by atomic mass is 9.83. The Morgan fingerprint density at radius 2 is 1.65 bits per heavy atom. The van der Waals surface area contributed by atoms with Crippen LogP contribution >= 0.6 is 0 Å². The van der Waals surface area contributed by atoms with E-state index >= 15 is 0 Å². The molecule has 0 N–H and O–H groups in total. The molecule has 7 heteroatoms. The van der Waals surface area contributed by atoms with Crippen molar-refractivity contribution in [1.29, 1.82) is 0 Å². The van der Waals surface area contributed by atoms with Gasteiger partial charge in [-0.2, -0.15) is 4.31 Å². The maximum Gasteiger partial charge on any atom is 0.245 e. The van der Waals surface area contributed by atoms with Crippen LogP contribution in [0.2, 0.25) is 0 Å². The van der Waals surface area contributed by atoms with Gasteiger partial charge in [0.1, 0.15) is 16.3 Å². The summed E-state index contributed by atoms with van der Waals surface area (Å²) < 4.78 is 49.7. The van der Waals surface area contributed by atoms with Crippen molar-refractivity contribution in [3.05, 3.63) is 78.1 Å². The van der Waals surface area contributed by atoms with Crippen LogP contribution < -0.4 is 4.90 Å². The third-order valence-corrected chi connectivity index (χ3v) is 10.2. The summed E-state index contributed by atoms with van der Waals surface area (Å²) in [5.74, 6) is 6.39. The van der Waals surface area contributed by atoms with E-state index in [2.05, 4.69) is 16.7 Å². The Labute approximate surface area is 238 Å². The Morgan fingerprint density at radius 3 is 2.30 bits per heavy atom. The summed E-state index contributed by atoms with van der Waals surface area (Å²) in [7, 11) is -0.525. The van der Waals surface area contributed by atoms with E-state index in [0.29, 0.717) is 28.9 Å². The number of hydrogen-bond donors (Lipinski definition) is 0. The smallest absolute Gasteiger partial charge is 0.245 e. The topological polar surface area (TPSA) is 49.9 Å². The van der Waals surface area contributed by atoms with Crippen LogP contribution in [-0.4, -0.2) is 45.1 Å². The van der Waals surface area contributed by atoms with Crippen molar-refractivity contribution in [3.63, 3.8) is 0 Å². The molecule has 3 aromatic rings. The average molecular weight is 561 g/mol. The fraction of sp³-hybridized carbons (Fsp3) is 0.394. The fourth-order valence-electron chi connectivity index (χ4n) is 5.78. The molecule has 2 aliphatic rings. The van der Waals surface area contributed by atoms with Gasteiger partial charge in [-0.25, -0.2) is 12.8 Å². The lowest BCUT2D eigenvalue weighted by Gasteiger charge is -2.36. The molecule has 1 fully saturated rings. The number of sulfonamides is 1. The van der Waals surface area contributed by atoms with Crippen molar-refractivity contribution in [3.8, 4) is 23.0 Å². The Bertz CT molecular complexity index is 1520. The quantitative estimate of drug-likeness (QED) is 0.323. The van der Waals surface area contributed by atoms with Crippen molar-refractivity contribution in [2.75, 3.05) is 25.6 Å². The minimum atomic E-state index is -3.86. The van der Waals surface area contributed by atoms with E-state index in [4.69, 9.17) is 4.74 Å². The highest BCUT2D eigenvalue weighted by atomic mass is 32.2. The van der Waals surface area contributed by atoms with Gasteiger partial charge in [-0.3, -0.25) is 0 Å². The number of fused-ring (bicyclic) bond motifs is 1. The molecule has 5 nitrogen and oxygen atoms in total. The van der Waals surface area contributed by atoms with Crippen LogP contribution in [0.5, 0.6) is 0 Å². The first-order valence-corrected chi connectivity index (χ1v) is 15.4. The van der Waals surface area contributed by atoms with Crippen LogP contribution in [0.3, 0.4) is 0 Å². The Morgan fingerprint density at radius 1 is 0.975 bits per heavy atom. The van der Waals surface area contributed by atoms with Crippen molar-refractivity contribution >= 4 is 21.4 Å². The predicted octanol–water partition coefficient (Wildman–Crippen LogP) is 6.99. The van der Waals surface area contributed by atoms with Gasteiger partial charge in [0.15, 0.2) is 0 Å². The van der Waals surface area contributed by atoms with E-state index in [1.165, 1.54) is 18.6 Å². The number of nitrogens with zero attached hydrogens (tertiary/aromatic N) is 2. The van der Waals surface area contributed by atoms with Gasteiger partial charge >= 0.3 is 0 Å². The van der Waals surface area contributed by atoms with E-state index in [-0.39, 0.29) is 22.7 Å². The molecule has 0 radical (unpaired) electrons. The van der Waals surface area contributed by atoms with Crippen molar-refractivity contribution in [1.82, 2.24) is 4.31 Å². The molecule has 1 saturated carbocycles. The average Bonchev–Trinajstić information content (AvgIpc) is 3.05. The Kier molecular flexibility index (Phi) is 8.05. The second kappa shape index (κ2) is 11.4. The third-order valence-electron chi connectivity index (χ3n) is 8.31. The molecule has 0 amide bonds. The SMILES string of the molecule is COC(C)(C)C#Cc1cc2c(cc1-c1ccc(F)cc1)S(=O)(=O)N(C)[C@H](C1CCCCC1)CN2c1ccccc1. The normalized spacial score (nSPS) is 19.8. The van der Waals surface area contributed by atoms with Gasteiger partial charge in [-0.05, 0) is 80.1 Å². The van der Waals surface area contributed by atoms with Crippen LogP contribution in [0, 0.1) is 23.6 Å². The molecule has 0 bridgehead atoms. The largest absolute Gasteiger partial charge is 0.366 e. The number of ether oxygens (including phenoxy) is 1. The van der Waals surface area contributed by atoms with Crippen LogP contribution in [0.1, 0.15) is 51.5 Å². The monoisotopic (exact) mass is 560 g/mol. The fourth-order valence-corrected chi connectivity index (χ4v) is 7.38. The zero-order chi connectivity index (χ0) is 28.5. The molecular weight excluding hydrogens is 523 g/mol. The molecule has 1 heterocycles. The molecule has 3 aromatic carbocycles. The maximum atomic E-state index is 14.3. The van der Waals surface area contributed by atoms with E-state index in [1.54, 1.807) is 36.7 Å². The zero-order valence-corrected chi connectivity index (χ0v) is 24.5. The Hall–Kier alpha value is -3.18. The number of methoxy groups -OCH3 is 1. The van der Waals surface area contributed by atoms with Gasteiger partial charge in [-0.1, -0.05) is 61.4 Å². The van der Waals surface area contributed by atoms with Gasteiger partial charge < -0.3 is 9.64 Å². The maximum absolute atomic E-state index is 14.3. The van der Waals surface area contributed by atoms with Crippen molar-refractivity contribution in [2.45, 2.75) is 62.5 Å². The second-order valence-corrected chi connectivity index (χ2v) is 13.2. The summed E-state index contributed by atoms with van der Waals surface area (Å²) in [6.45, 7) is 4.31. The predicted molar refractivity (Wildman–Crippen MR) is 159 cm³/mol. The zero-order valence-electron chi connectivity index (χ0n) is 23.7. The van der Waals surface area contributed by atoms with Crippen LogP contribution in [0.15, 0.2) is 71.6 Å². The highest BCUT2D eigenvalue weighted by Gasteiger charge is 2.41. The molecule has 0 unspecified atom stereocenters. The number of benzene rings is 3. The molecule has 5 rings (SSSR count). The van der Waals surface area contributed by atoms with Crippen LogP contribution in [0.4, 0.5) is 15.8 Å². The molecule has 1 atom stereocenters. The van der Waals surface area contributed by atoms with Gasteiger partial charge in [0.05, 0.1) is 5.69 Å². The molecule has 1 aliphatic heterocycles. The van der Waals surface area contributed by atoms with Crippen molar-refractivity contribution in [2.24, 2.45) is 5.92 Å². The summed E-state index contributed by atoms with van der Waals surface area (Å²) in [6.07, 6.45) is 5.48. The Balaban J connectivity index is 1.77. The van der Waals surface area contributed by atoms with E-state index in [0.717, 1.165) is 31.4 Å². The van der Waals surface area contributed by atoms with Gasteiger partial charge in [-0.15, -0.1) is 0 Å². The summed E-state index contributed by atoms with van der Waals surface area (Å²) in [6, 6.07) is 19.5. The summed E-state index contributed by atoms with van der Waals surface area (Å²) in [4.78, 5) is 2.37. The lowest BCUT2D eigenvalue weighted by molar-refractivity contribution is 0.0742. The number of para-hydroxylation sites is 1. The summed E-state index contributed by atoms with van der Waals surface area (Å²) in [5.41, 5.74) is 2.82. The molecule has 0 saturated heterocycles. The number of likely N-dealkylation sites (N-methyl/N-ethyl adjacent to an activating group) is 1. The van der Waals surface area contributed by atoms with Gasteiger partial charge in [0.25, 0.3) is 0 Å². The second-order valence-electron chi connectivity index (χ2n) is 11.3. The lowest BCUT2D eigenvalue weighted by Crippen LogP contribution is -2.46. The summed E-state index contributed by atoms with van der Waals surface area (Å²) in [5, 5.41) is 0. The molecule has 0 spiro atoms. The minimum absolute atomic E-state index is 0.172. The van der Waals surface area contributed by atoms with E-state index in [1.807, 2.05) is 50.2 Å². The number of rotatable bonds is 4. The first-order valence-electron chi connectivity index (χ1n) is 13.9. The van der Waals surface area contributed by atoms with E-state index < -0.39 is 15.6 Å². The highest BCUT2D eigenvalue weighted by molar-refractivity contribution is 7.89.